The zero-order valence-electron chi connectivity index (χ0n) is 14.1. The summed E-state index contributed by atoms with van der Waals surface area (Å²) in [5, 5.41) is 14.0. The molecule has 2 heterocycles. The zero-order chi connectivity index (χ0) is 17.8. The molecule has 0 spiro atoms. The molecule has 0 aliphatic carbocycles. The SMILES string of the molecule is COc1ccc(C=Cc2nn3c(CSc4ccccc4)nnc3s2)cc1. The Morgan fingerprint density at radius 3 is 2.62 bits per heavy atom. The topological polar surface area (TPSA) is 52.3 Å². The highest BCUT2D eigenvalue weighted by atomic mass is 32.2. The van der Waals surface area contributed by atoms with Gasteiger partial charge in [-0.25, -0.2) is 0 Å². The van der Waals surface area contributed by atoms with Crippen LogP contribution in [0.4, 0.5) is 0 Å². The van der Waals surface area contributed by atoms with Crippen LogP contribution in [-0.4, -0.2) is 26.9 Å². The lowest BCUT2D eigenvalue weighted by Gasteiger charge is -1.98. The van der Waals surface area contributed by atoms with Crippen molar-refractivity contribution in [3.63, 3.8) is 0 Å². The predicted molar refractivity (Wildman–Crippen MR) is 107 cm³/mol. The molecule has 0 saturated carbocycles. The predicted octanol–water partition coefficient (Wildman–Crippen LogP) is 4.66. The number of thioether (sulfide) groups is 1. The lowest BCUT2D eigenvalue weighted by Crippen LogP contribution is -1.93. The van der Waals surface area contributed by atoms with Gasteiger partial charge in [0.2, 0.25) is 4.96 Å². The maximum Gasteiger partial charge on any atom is 0.234 e. The summed E-state index contributed by atoms with van der Waals surface area (Å²) in [4.78, 5) is 2.02. The van der Waals surface area contributed by atoms with E-state index in [0.717, 1.165) is 32.9 Å². The van der Waals surface area contributed by atoms with Gasteiger partial charge in [0, 0.05) is 4.90 Å². The Bertz CT molecular complexity index is 1020. The normalized spacial score (nSPS) is 11.4. The van der Waals surface area contributed by atoms with Gasteiger partial charge in [0.05, 0.1) is 12.9 Å². The molecule has 0 unspecified atom stereocenters. The molecule has 0 bridgehead atoms. The van der Waals surface area contributed by atoms with Gasteiger partial charge in [-0.15, -0.1) is 22.0 Å². The molecule has 4 aromatic rings. The van der Waals surface area contributed by atoms with Gasteiger partial charge in [-0.2, -0.15) is 9.61 Å². The van der Waals surface area contributed by atoms with Gasteiger partial charge in [0.1, 0.15) is 10.8 Å². The number of methoxy groups -OCH3 is 1. The second-order valence-corrected chi connectivity index (χ2v) is 7.50. The number of fused-ring (bicyclic) bond motifs is 1. The second kappa shape index (κ2) is 7.72. The number of hydrogen-bond donors (Lipinski definition) is 0. The van der Waals surface area contributed by atoms with Gasteiger partial charge in [-0.1, -0.05) is 47.7 Å². The summed E-state index contributed by atoms with van der Waals surface area (Å²) in [6.07, 6.45) is 4.03. The van der Waals surface area contributed by atoms with Crippen LogP contribution in [0.15, 0.2) is 59.5 Å². The molecule has 26 heavy (non-hydrogen) atoms. The molecule has 2 aromatic heterocycles. The van der Waals surface area contributed by atoms with Crippen LogP contribution in [0.2, 0.25) is 0 Å². The number of benzene rings is 2. The quantitative estimate of drug-likeness (QED) is 0.456. The molecule has 7 heteroatoms. The lowest BCUT2D eigenvalue weighted by atomic mass is 10.2. The van der Waals surface area contributed by atoms with E-state index in [9.17, 15) is 0 Å². The number of rotatable bonds is 6. The molecule has 0 atom stereocenters. The molecule has 0 aliphatic rings. The van der Waals surface area contributed by atoms with E-state index in [1.165, 1.54) is 16.2 Å². The van der Waals surface area contributed by atoms with Crippen LogP contribution in [0.25, 0.3) is 17.1 Å². The van der Waals surface area contributed by atoms with Crippen molar-refractivity contribution in [2.75, 3.05) is 7.11 Å². The Kier molecular flexibility index (Phi) is 4.99. The first-order valence-electron chi connectivity index (χ1n) is 8.03. The van der Waals surface area contributed by atoms with E-state index in [1.807, 2.05) is 59.1 Å². The van der Waals surface area contributed by atoms with Crippen molar-refractivity contribution >= 4 is 40.2 Å². The van der Waals surface area contributed by atoms with Gasteiger partial charge in [-0.3, -0.25) is 0 Å². The molecule has 0 N–H and O–H groups in total. The zero-order valence-corrected chi connectivity index (χ0v) is 15.7. The minimum atomic E-state index is 0.733. The van der Waals surface area contributed by atoms with Crippen molar-refractivity contribution in [3.8, 4) is 5.75 Å². The fraction of sp³-hybridized carbons (Fsp3) is 0.105. The van der Waals surface area contributed by atoms with Crippen LogP contribution in [0.1, 0.15) is 16.4 Å². The third kappa shape index (κ3) is 3.79. The standard InChI is InChI=1S/C19H16N4OS2/c1-24-15-10-7-14(8-11-15)9-12-18-22-23-17(20-21-19(23)26-18)13-25-16-5-3-2-4-6-16/h2-12H,13H2,1H3. The van der Waals surface area contributed by atoms with Crippen molar-refractivity contribution in [2.24, 2.45) is 0 Å². The van der Waals surface area contributed by atoms with Crippen LogP contribution in [0, 0.1) is 0 Å². The fourth-order valence-corrected chi connectivity index (χ4v) is 3.96. The molecular weight excluding hydrogens is 364 g/mol. The van der Waals surface area contributed by atoms with Crippen LogP contribution in [-0.2, 0) is 5.75 Å². The Labute approximate surface area is 159 Å². The number of ether oxygens (including phenoxy) is 1. The van der Waals surface area contributed by atoms with E-state index < -0.39 is 0 Å². The van der Waals surface area contributed by atoms with Crippen LogP contribution >= 0.6 is 23.1 Å². The molecule has 5 nitrogen and oxygen atoms in total. The Balaban J connectivity index is 1.49. The summed E-state index contributed by atoms with van der Waals surface area (Å²) in [5.41, 5.74) is 1.09. The number of hydrogen-bond acceptors (Lipinski definition) is 6. The summed E-state index contributed by atoms with van der Waals surface area (Å²) in [7, 11) is 1.66. The monoisotopic (exact) mass is 380 g/mol. The van der Waals surface area contributed by atoms with Gasteiger partial charge in [0.25, 0.3) is 0 Å². The van der Waals surface area contributed by atoms with E-state index in [1.54, 1.807) is 18.9 Å². The van der Waals surface area contributed by atoms with Gasteiger partial charge in [-0.05, 0) is 35.9 Å². The Morgan fingerprint density at radius 2 is 1.85 bits per heavy atom. The Hall–Kier alpha value is -2.64. The van der Waals surface area contributed by atoms with E-state index in [0.29, 0.717) is 0 Å². The van der Waals surface area contributed by atoms with Crippen molar-refractivity contribution in [2.45, 2.75) is 10.6 Å². The molecule has 0 fully saturated rings. The van der Waals surface area contributed by atoms with Crippen LogP contribution < -0.4 is 4.74 Å². The van der Waals surface area contributed by atoms with Crippen LogP contribution in [0.5, 0.6) is 5.75 Å². The summed E-state index contributed by atoms with van der Waals surface area (Å²) < 4.78 is 7.00. The van der Waals surface area contributed by atoms with E-state index in [-0.39, 0.29) is 0 Å². The Morgan fingerprint density at radius 1 is 1.04 bits per heavy atom. The van der Waals surface area contributed by atoms with Gasteiger partial charge in [0.15, 0.2) is 5.82 Å². The molecular formula is C19H16N4OS2. The average Bonchev–Trinajstić information content (AvgIpc) is 3.26. The third-order valence-corrected chi connectivity index (χ3v) is 5.59. The highest BCUT2D eigenvalue weighted by molar-refractivity contribution is 7.98. The molecule has 0 aliphatic heterocycles. The van der Waals surface area contributed by atoms with E-state index >= 15 is 0 Å². The maximum atomic E-state index is 5.17. The molecule has 0 amide bonds. The van der Waals surface area contributed by atoms with Crippen molar-refractivity contribution in [1.29, 1.82) is 0 Å². The molecule has 0 radical (unpaired) electrons. The molecule has 0 saturated heterocycles. The smallest absolute Gasteiger partial charge is 0.234 e. The lowest BCUT2D eigenvalue weighted by molar-refractivity contribution is 0.415. The highest BCUT2D eigenvalue weighted by Crippen LogP contribution is 2.23. The van der Waals surface area contributed by atoms with Crippen LogP contribution in [0.3, 0.4) is 0 Å². The first-order chi connectivity index (χ1) is 12.8. The van der Waals surface area contributed by atoms with E-state index in [2.05, 4.69) is 27.4 Å². The first-order valence-corrected chi connectivity index (χ1v) is 9.83. The average molecular weight is 380 g/mol. The largest absolute Gasteiger partial charge is 0.497 e. The molecule has 4 rings (SSSR count). The minimum Gasteiger partial charge on any atom is -0.497 e. The molecule has 2 aromatic carbocycles. The fourth-order valence-electron chi connectivity index (χ4n) is 2.38. The summed E-state index contributed by atoms with van der Waals surface area (Å²) in [6.45, 7) is 0. The summed E-state index contributed by atoms with van der Waals surface area (Å²) >= 11 is 3.25. The van der Waals surface area contributed by atoms with E-state index in [4.69, 9.17) is 4.74 Å². The third-order valence-electron chi connectivity index (χ3n) is 3.72. The minimum absolute atomic E-state index is 0.733. The highest BCUT2D eigenvalue weighted by Gasteiger charge is 2.10. The maximum absolute atomic E-state index is 5.17. The number of aromatic nitrogens is 4. The molecule has 130 valence electrons. The van der Waals surface area contributed by atoms with Crippen molar-refractivity contribution in [1.82, 2.24) is 19.8 Å². The van der Waals surface area contributed by atoms with Crippen molar-refractivity contribution < 1.29 is 4.74 Å². The number of nitrogens with zero attached hydrogens (tertiary/aromatic N) is 4. The summed E-state index contributed by atoms with van der Waals surface area (Å²) in [6, 6.07) is 18.2. The second-order valence-electron chi connectivity index (χ2n) is 5.46. The van der Waals surface area contributed by atoms with Crippen molar-refractivity contribution in [3.05, 3.63) is 71.0 Å². The van der Waals surface area contributed by atoms with Gasteiger partial charge >= 0.3 is 0 Å². The van der Waals surface area contributed by atoms with Gasteiger partial charge < -0.3 is 4.74 Å². The summed E-state index contributed by atoms with van der Waals surface area (Å²) in [5.74, 6) is 2.44. The first kappa shape index (κ1) is 16.8.